The molecular formula is C18H24O3. The Hall–Kier alpha value is -1.06. The highest BCUT2D eigenvalue weighted by Crippen LogP contribution is 2.60. The van der Waals surface area contributed by atoms with Crippen molar-refractivity contribution in [1.82, 2.24) is 0 Å². The molecule has 2 saturated carbocycles. The Bertz CT molecular complexity index is 570. The van der Waals surface area contributed by atoms with Crippen LogP contribution in [0.4, 0.5) is 0 Å². The van der Waals surface area contributed by atoms with E-state index in [2.05, 4.69) is 13.0 Å². The molecule has 1 aromatic carbocycles. The van der Waals surface area contributed by atoms with Crippen LogP contribution in [0.3, 0.4) is 0 Å². The second-order valence-electron chi connectivity index (χ2n) is 7.59. The molecule has 3 N–H and O–H groups in total. The van der Waals surface area contributed by atoms with Crippen LogP contribution in [0.15, 0.2) is 18.2 Å². The average molecular weight is 288 g/mol. The van der Waals surface area contributed by atoms with Gasteiger partial charge in [-0.25, -0.2) is 0 Å². The molecule has 3 aliphatic carbocycles. The van der Waals surface area contributed by atoms with E-state index in [0.29, 0.717) is 23.5 Å². The number of aliphatic hydroxyl groups excluding tert-OH is 2. The lowest BCUT2D eigenvalue weighted by Gasteiger charge is -2.49. The van der Waals surface area contributed by atoms with E-state index in [1.165, 1.54) is 11.1 Å². The number of hydrogen-bond donors (Lipinski definition) is 3. The van der Waals surface area contributed by atoms with Gasteiger partial charge in [0, 0.05) is 0 Å². The quantitative estimate of drug-likeness (QED) is 0.687. The van der Waals surface area contributed by atoms with Gasteiger partial charge in [-0.05, 0) is 78.5 Å². The molecule has 0 radical (unpaired) electrons. The van der Waals surface area contributed by atoms with E-state index in [4.69, 9.17) is 0 Å². The molecule has 0 amide bonds. The molecule has 0 aliphatic heterocycles. The minimum atomic E-state index is -0.565. The molecule has 3 aliphatic rings. The van der Waals surface area contributed by atoms with E-state index in [0.717, 1.165) is 32.1 Å². The number of benzene rings is 1. The molecule has 2 fully saturated rings. The van der Waals surface area contributed by atoms with Gasteiger partial charge in [0.05, 0.1) is 12.2 Å². The van der Waals surface area contributed by atoms with E-state index in [9.17, 15) is 15.3 Å². The summed E-state index contributed by atoms with van der Waals surface area (Å²) in [5, 5.41) is 30.2. The van der Waals surface area contributed by atoms with Crippen LogP contribution in [0.5, 0.6) is 5.75 Å². The minimum Gasteiger partial charge on any atom is -0.508 e. The number of rotatable bonds is 0. The highest BCUT2D eigenvalue weighted by Gasteiger charge is 2.57. The van der Waals surface area contributed by atoms with Gasteiger partial charge in [-0.1, -0.05) is 13.0 Å². The molecule has 0 spiro atoms. The second kappa shape index (κ2) is 4.47. The van der Waals surface area contributed by atoms with Crippen LogP contribution in [0.25, 0.3) is 0 Å². The van der Waals surface area contributed by atoms with Crippen LogP contribution in [0.2, 0.25) is 0 Å². The molecule has 1 aromatic rings. The van der Waals surface area contributed by atoms with Crippen molar-refractivity contribution in [1.29, 1.82) is 0 Å². The van der Waals surface area contributed by atoms with E-state index >= 15 is 0 Å². The van der Waals surface area contributed by atoms with Crippen molar-refractivity contribution in [3.63, 3.8) is 0 Å². The zero-order valence-electron chi connectivity index (χ0n) is 12.5. The molecule has 114 valence electrons. The standard InChI is InChI=1S/C18H24O3/c1-18-7-6-13-12-5-3-11(19)8-10(12)2-4-14(13)15(18)9-16(20)17(18)21/h3,5,8,13-17,19-21H,2,4,6-7,9H2,1H3/t13?,14?,15?,16?,17-,18-/m0/s1. The molecule has 0 saturated heterocycles. The minimum absolute atomic E-state index is 0.116. The summed E-state index contributed by atoms with van der Waals surface area (Å²) in [5.74, 6) is 1.88. The van der Waals surface area contributed by atoms with E-state index in [1.54, 1.807) is 6.07 Å². The monoisotopic (exact) mass is 288 g/mol. The van der Waals surface area contributed by atoms with Crippen molar-refractivity contribution in [2.45, 2.75) is 57.2 Å². The van der Waals surface area contributed by atoms with Crippen LogP contribution in [-0.2, 0) is 6.42 Å². The van der Waals surface area contributed by atoms with Crippen molar-refractivity contribution < 1.29 is 15.3 Å². The summed E-state index contributed by atoms with van der Waals surface area (Å²) in [6, 6.07) is 5.80. The number of hydrogen-bond acceptors (Lipinski definition) is 3. The van der Waals surface area contributed by atoms with Gasteiger partial charge < -0.3 is 15.3 Å². The lowest BCUT2D eigenvalue weighted by atomic mass is 9.55. The highest BCUT2D eigenvalue weighted by molar-refractivity contribution is 5.40. The number of aromatic hydroxyl groups is 1. The van der Waals surface area contributed by atoms with Gasteiger partial charge in [0.15, 0.2) is 0 Å². The van der Waals surface area contributed by atoms with Crippen LogP contribution in [-0.4, -0.2) is 27.5 Å². The van der Waals surface area contributed by atoms with Gasteiger partial charge in [0.2, 0.25) is 0 Å². The smallest absolute Gasteiger partial charge is 0.115 e. The maximum atomic E-state index is 10.4. The largest absolute Gasteiger partial charge is 0.508 e. The first kappa shape index (κ1) is 13.6. The molecule has 0 bridgehead atoms. The molecule has 0 heterocycles. The lowest BCUT2D eigenvalue weighted by molar-refractivity contribution is -0.0505. The van der Waals surface area contributed by atoms with E-state index < -0.39 is 12.2 Å². The average Bonchev–Trinajstić information content (AvgIpc) is 2.70. The number of fused-ring (bicyclic) bond motifs is 5. The number of phenols is 1. The van der Waals surface area contributed by atoms with Crippen molar-refractivity contribution in [2.75, 3.05) is 0 Å². The second-order valence-corrected chi connectivity index (χ2v) is 7.59. The van der Waals surface area contributed by atoms with Crippen LogP contribution >= 0.6 is 0 Å². The van der Waals surface area contributed by atoms with Crippen molar-refractivity contribution >= 4 is 0 Å². The van der Waals surface area contributed by atoms with Gasteiger partial charge in [0.1, 0.15) is 5.75 Å². The molecule has 3 heteroatoms. The van der Waals surface area contributed by atoms with Gasteiger partial charge in [-0.2, -0.15) is 0 Å². The highest BCUT2D eigenvalue weighted by atomic mass is 16.3. The fourth-order valence-electron chi connectivity index (χ4n) is 5.56. The zero-order valence-corrected chi connectivity index (χ0v) is 12.5. The maximum absolute atomic E-state index is 10.4. The number of phenolic OH excluding ortho intramolecular Hbond substituents is 1. The summed E-state index contributed by atoms with van der Waals surface area (Å²) in [6.45, 7) is 2.17. The SMILES string of the molecule is C[C@]12CCC3c4ccc(O)cc4CCC3C1CC(O)[C@@H]2O. The Balaban J connectivity index is 1.71. The van der Waals surface area contributed by atoms with Gasteiger partial charge in [-0.15, -0.1) is 0 Å². The Kier molecular flexibility index (Phi) is 2.89. The van der Waals surface area contributed by atoms with E-state index in [-0.39, 0.29) is 5.41 Å². The molecule has 4 unspecified atom stereocenters. The van der Waals surface area contributed by atoms with Crippen molar-refractivity contribution in [3.8, 4) is 5.75 Å². The first-order chi connectivity index (χ1) is 10.0. The third kappa shape index (κ3) is 1.80. The van der Waals surface area contributed by atoms with Crippen molar-refractivity contribution in [2.24, 2.45) is 17.3 Å². The third-order valence-electron chi connectivity index (χ3n) is 6.68. The van der Waals surface area contributed by atoms with E-state index in [1.807, 2.05) is 6.07 Å². The summed E-state index contributed by atoms with van der Waals surface area (Å²) >= 11 is 0. The fourth-order valence-corrected chi connectivity index (χ4v) is 5.56. The number of aryl methyl sites for hydroxylation is 1. The Labute approximate surface area is 125 Å². The summed E-state index contributed by atoms with van der Waals surface area (Å²) in [5.41, 5.74) is 2.57. The van der Waals surface area contributed by atoms with Gasteiger partial charge in [-0.3, -0.25) is 0 Å². The predicted molar refractivity (Wildman–Crippen MR) is 80.1 cm³/mol. The first-order valence-corrected chi connectivity index (χ1v) is 8.18. The van der Waals surface area contributed by atoms with Crippen molar-refractivity contribution in [3.05, 3.63) is 29.3 Å². The summed E-state index contributed by atoms with van der Waals surface area (Å²) < 4.78 is 0. The third-order valence-corrected chi connectivity index (χ3v) is 6.68. The number of aliphatic hydroxyl groups is 2. The molecular weight excluding hydrogens is 264 g/mol. The Morgan fingerprint density at radius 3 is 2.81 bits per heavy atom. The zero-order chi connectivity index (χ0) is 14.8. The maximum Gasteiger partial charge on any atom is 0.115 e. The summed E-state index contributed by atoms with van der Waals surface area (Å²) in [7, 11) is 0. The van der Waals surface area contributed by atoms with Gasteiger partial charge in [0.25, 0.3) is 0 Å². The molecule has 6 atom stereocenters. The lowest BCUT2D eigenvalue weighted by Crippen LogP contribution is -2.44. The van der Waals surface area contributed by atoms with Crippen LogP contribution in [0.1, 0.15) is 49.7 Å². The Morgan fingerprint density at radius 2 is 2.00 bits per heavy atom. The molecule has 0 aromatic heterocycles. The normalized spacial score (nSPS) is 44.8. The fraction of sp³-hybridized carbons (Fsp3) is 0.667. The van der Waals surface area contributed by atoms with Gasteiger partial charge >= 0.3 is 0 Å². The topological polar surface area (TPSA) is 60.7 Å². The Morgan fingerprint density at radius 1 is 1.19 bits per heavy atom. The summed E-state index contributed by atoms with van der Waals surface area (Å²) in [6.07, 6.45) is 3.80. The molecule has 3 nitrogen and oxygen atoms in total. The predicted octanol–water partition coefficient (Wildman–Crippen LogP) is 2.58. The molecule has 21 heavy (non-hydrogen) atoms. The van der Waals surface area contributed by atoms with Crippen LogP contribution in [0, 0.1) is 17.3 Å². The van der Waals surface area contributed by atoms with Crippen LogP contribution < -0.4 is 0 Å². The summed E-state index contributed by atoms with van der Waals surface area (Å²) in [4.78, 5) is 0. The first-order valence-electron chi connectivity index (χ1n) is 8.18. The molecule has 4 rings (SSSR count).